The van der Waals surface area contributed by atoms with Crippen LogP contribution in [0.15, 0.2) is 36.4 Å². The van der Waals surface area contributed by atoms with Gasteiger partial charge < -0.3 is 19.9 Å². The number of ether oxygens (including phenoxy) is 2. The van der Waals surface area contributed by atoms with E-state index < -0.39 is 12.6 Å². The molecule has 3 rings (SSSR count). The van der Waals surface area contributed by atoms with Gasteiger partial charge in [-0.15, -0.1) is 0 Å². The second kappa shape index (κ2) is 7.77. The average molecular weight is 465 g/mol. The van der Waals surface area contributed by atoms with Crippen molar-refractivity contribution < 1.29 is 24.2 Å². The summed E-state index contributed by atoms with van der Waals surface area (Å²) in [5, 5.41) is 11.7. The highest BCUT2D eigenvalue weighted by Gasteiger charge is 2.23. The van der Waals surface area contributed by atoms with Gasteiger partial charge in [0, 0.05) is 16.8 Å². The van der Waals surface area contributed by atoms with Gasteiger partial charge in [-0.1, -0.05) is 18.2 Å². The standard InChI is InChI=1S/C19H16INO5/c1-2-25-16-9-11(8-14(20)18(16)26-10-17(22)23)7-13-12-5-3-4-6-15(12)21-19(13)24/h3-9H,2,10H2,1H3,(H,21,24)(H,22,23). The summed E-state index contributed by atoms with van der Waals surface area (Å²) >= 11 is 2.06. The number of carboxylic acid groups (broad SMARTS) is 1. The molecule has 0 spiro atoms. The molecule has 0 aromatic heterocycles. The van der Waals surface area contributed by atoms with Gasteiger partial charge in [-0.3, -0.25) is 4.79 Å². The van der Waals surface area contributed by atoms with Crippen LogP contribution in [0.5, 0.6) is 11.5 Å². The number of fused-ring (bicyclic) bond motifs is 1. The molecule has 2 aromatic rings. The number of amides is 1. The average Bonchev–Trinajstić information content (AvgIpc) is 2.90. The van der Waals surface area contributed by atoms with Crippen LogP contribution in [0.2, 0.25) is 0 Å². The topological polar surface area (TPSA) is 84.9 Å². The maximum absolute atomic E-state index is 12.3. The molecule has 1 aliphatic rings. The zero-order valence-corrected chi connectivity index (χ0v) is 16.1. The molecule has 2 aromatic carbocycles. The highest BCUT2D eigenvalue weighted by Crippen LogP contribution is 2.37. The lowest BCUT2D eigenvalue weighted by atomic mass is 10.0. The minimum Gasteiger partial charge on any atom is -0.490 e. The van der Waals surface area contributed by atoms with Gasteiger partial charge in [0.25, 0.3) is 5.91 Å². The molecular weight excluding hydrogens is 449 g/mol. The first-order valence-corrected chi connectivity index (χ1v) is 9.01. The van der Waals surface area contributed by atoms with Crippen molar-refractivity contribution >= 4 is 51.8 Å². The number of carboxylic acids is 1. The van der Waals surface area contributed by atoms with Crippen LogP contribution in [0, 0.1) is 3.57 Å². The van der Waals surface area contributed by atoms with Crippen LogP contribution < -0.4 is 14.8 Å². The third-order valence-electron chi connectivity index (χ3n) is 3.69. The molecule has 1 heterocycles. The quantitative estimate of drug-likeness (QED) is 0.503. The zero-order valence-electron chi connectivity index (χ0n) is 13.9. The Hall–Kier alpha value is -2.55. The largest absolute Gasteiger partial charge is 0.490 e. The lowest BCUT2D eigenvalue weighted by Gasteiger charge is -2.13. The number of rotatable bonds is 6. The van der Waals surface area contributed by atoms with Gasteiger partial charge in [-0.25, -0.2) is 4.79 Å². The van der Waals surface area contributed by atoms with Crippen LogP contribution >= 0.6 is 22.6 Å². The van der Waals surface area contributed by atoms with E-state index in [0.717, 1.165) is 16.8 Å². The molecule has 0 saturated carbocycles. The number of carbonyl (C=O) groups excluding carboxylic acids is 1. The highest BCUT2D eigenvalue weighted by atomic mass is 127. The summed E-state index contributed by atoms with van der Waals surface area (Å²) in [5.41, 5.74) is 2.96. The van der Waals surface area contributed by atoms with Gasteiger partial charge in [-0.2, -0.15) is 0 Å². The molecule has 0 radical (unpaired) electrons. The van der Waals surface area contributed by atoms with Crippen molar-refractivity contribution in [2.45, 2.75) is 6.92 Å². The number of halogens is 1. The number of benzene rings is 2. The molecule has 134 valence electrons. The predicted octanol–water partition coefficient (Wildman–Crippen LogP) is 3.65. The number of carbonyl (C=O) groups is 2. The molecule has 0 aliphatic carbocycles. The molecule has 0 saturated heterocycles. The number of nitrogens with one attached hydrogen (secondary N) is 1. The minimum atomic E-state index is -1.06. The molecule has 6 nitrogen and oxygen atoms in total. The molecule has 0 fully saturated rings. The SMILES string of the molecule is CCOc1cc(C=C2C(=O)Nc3ccccc32)cc(I)c1OCC(=O)O. The van der Waals surface area contributed by atoms with E-state index >= 15 is 0 Å². The van der Waals surface area contributed by atoms with Crippen LogP contribution in [0.1, 0.15) is 18.1 Å². The summed E-state index contributed by atoms with van der Waals surface area (Å²) < 4.78 is 11.7. The van der Waals surface area contributed by atoms with Gasteiger partial charge in [0.05, 0.1) is 10.2 Å². The third-order valence-corrected chi connectivity index (χ3v) is 4.49. The monoisotopic (exact) mass is 465 g/mol. The van der Waals surface area contributed by atoms with E-state index in [1.807, 2.05) is 37.3 Å². The Balaban J connectivity index is 2.01. The summed E-state index contributed by atoms with van der Waals surface area (Å²) in [7, 11) is 0. The fraction of sp³-hybridized carbons (Fsp3) is 0.158. The Morgan fingerprint density at radius 1 is 1.27 bits per heavy atom. The van der Waals surface area contributed by atoms with Crippen molar-refractivity contribution in [1.29, 1.82) is 0 Å². The lowest BCUT2D eigenvalue weighted by Crippen LogP contribution is -2.11. The Bertz CT molecular complexity index is 907. The van der Waals surface area contributed by atoms with Crippen molar-refractivity contribution in [3.63, 3.8) is 0 Å². The highest BCUT2D eigenvalue weighted by molar-refractivity contribution is 14.1. The number of anilines is 1. The molecule has 0 bridgehead atoms. The summed E-state index contributed by atoms with van der Waals surface area (Å²) in [4.78, 5) is 23.1. The van der Waals surface area contributed by atoms with Crippen LogP contribution in [0.3, 0.4) is 0 Å². The maximum atomic E-state index is 12.3. The first kappa shape index (κ1) is 18.2. The van der Waals surface area contributed by atoms with E-state index in [-0.39, 0.29) is 5.91 Å². The van der Waals surface area contributed by atoms with E-state index in [4.69, 9.17) is 14.6 Å². The van der Waals surface area contributed by atoms with Gasteiger partial charge in [0.1, 0.15) is 0 Å². The molecule has 0 unspecified atom stereocenters. The number of hydrogen-bond acceptors (Lipinski definition) is 4. The van der Waals surface area contributed by atoms with Crippen molar-refractivity contribution in [3.8, 4) is 11.5 Å². The Labute approximate surface area is 164 Å². The second-order valence-electron chi connectivity index (χ2n) is 5.50. The van der Waals surface area contributed by atoms with Gasteiger partial charge >= 0.3 is 5.97 Å². The Kier molecular flexibility index (Phi) is 5.46. The van der Waals surface area contributed by atoms with Gasteiger partial charge in [0.2, 0.25) is 0 Å². The third kappa shape index (κ3) is 3.82. The van der Waals surface area contributed by atoms with E-state index in [1.165, 1.54) is 0 Å². The smallest absolute Gasteiger partial charge is 0.341 e. The van der Waals surface area contributed by atoms with E-state index in [9.17, 15) is 9.59 Å². The van der Waals surface area contributed by atoms with Crippen molar-refractivity contribution in [3.05, 3.63) is 51.1 Å². The summed E-state index contributed by atoms with van der Waals surface area (Å²) in [5.74, 6) is -0.397. The lowest BCUT2D eigenvalue weighted by molar-refractivity contribution is -0.139. The summed E-state index contributed by atoms with van der Waals surface area (Å²) in [6, 6.07) is 11.0. The van der Waals surface area contributed by atoms with Crippen LogP contribution in [-0.2, 0) is 9.59 Å². The molecule has 2 N–H and O–H groups in total. The number of para-hydroxylation sites is 1. The Morgan fingerprint density at radius 3 is 2.77 bits per heavy atom. The van der Waals surface area contributed by atoms with Crippen LogP contribution in [0.4, 0.5) is 5.69 Å². The number of aliphatic carboxylic acids is 1. The first-order chi connectivity index (χ1) is 12.5. The second-order valence-corrected chi connectivity index (χ2v) is 6.67. The molecule has 7 heteroatoms. The van der Waals surface area contributed by atoms with E-state index in [0.29, 0.717) is 27.2 Å². The van der Waals surface area contributed by atoms with Crippen LogP contribution in [-0.4, -0.2) is 30.2 Å². The fourth-order valence-electron chi connectivity index (χ4n) is 2.66. The van der Waals surface area contributed by atoms with Crippen molar-refractivity contribution in [2.24, 2.45) is 0 Å². The summed E-state index contributed by atoms with van der Waals surface area (Å²) in [6.07, 6.45) is 1.78. The van der Waals surface area contributed by atoms with Crippen molar-refractivity contribution in [1.82, 2.24) is 0 Å². The van der Waals surface area contributed by atoms with Gasteiger partial charge in [-0.05, 0) is 59.4 Å². The van der Waals surface area contributed by atoms with E-state index in [1.54, 1.807) is 12.1 Å². The van der Waals surface area contributed by atoms with Gasteiger partial charge in [0.15, 0.2) is 18.1 Å². The molecule has 1 aliphatic heterocycles. The predicted molar refractivity (Wildman–Crippen MR) is 106 cm³/mol. The molecular formula is C19H16INO5. The molecule has 26 heavy (non-hydrogen) atoms. The molecule has 1 amide bonds. The number of hydrogen-bond donors (Lipinski definition) is 2. The fourth-order valence-corrected chi connectivity index (χ4v) is 3.44. The Morgan fingerprint density at radius 2 is 2.04 bits per heavy atom. The molecule has 0 atom stereocenters. The maximum Gasteiger partial charge on any atom is 0.341 e. The zero-order chi connectivity index (χ0) is 18.7. The normalized spacial score (nSPS) is 14.1. The minimum absolute atomic E-state index is 0.162. The van der Waals surface area contributed by atoms with Crippen LogP contribution in [0.25, 0.3) is 11.6 Å². The van der Waals surface area contributed by atoms with Crippen molar-refractivity contribution in [2.75, 3.05) is 18.5 Å². The first-order valence-electron chi connectivity index (χ1n) is 7.93. The summed E-state index contributed by atoms with van der Waals surface area (Å²) in [6.45, 7) is 1.79. The van der Waals surface area contributed by atoms with E-state index in [2.05, 4.69) is 27.9 Å².